The highest BCUT2D eigenvalue weighted by Crippen LogP contribution is 2.17. The van der Waals surface area contributed by atoms with Gasteiger partial charge in [0.1, 0.15) is 18.0 Å². The number of carboxylic acid groups (broad SMARTS) is 1. The molecule has 2 aromatic carbocycles. The second-order valence-corrected chi connectivity index (χ2v) is 7.69. The number of aryl methyl sites for hydroxylation is 2. The molecule has 7 nitrogen and oxygen atoms in total. The molecule has 0 saturated heterocycles. The molecule has 0 saturated carbocycles. The summed E-state index contributed by atoms with van der Waals surface area (Å²) in [6.07, 6.45) is 2.83. The number of hydrogen-bond donors (Lipinski definition) is 1. The van der Waals surface area contributed by atoms with Gasteiger partial charge >= 0.3 is 12.1 Å². The highest BCUT2D eigenvalue weighted by molar-refractivity contribution is 5.78. The van der Waals surface area contributed by atoms with Crippen LogP contribution in [-0.2, 0) is 24.2 Å². The van der Waals surface area contributed by atoms with Crippen molar-refractivity contribution in [1.29, 1.82) is 0 Å². The molecule has 3 aromatic rings. The van der Waals surface area contributed by atoms with E-state index in [0.29, 0.717) is 24.5 Å². The minimum Gasteiger partial charge on any atom is -0.493 e. The number of carboxylic acids is 1. The molecule has 0 atom stereocenters. The zero-order chi connectivity index (χ0) is 23.6. The number of benzene rings is 2. The van der Waals surface area contributed by atoms with E-state index >= 15 is 0 Å². The lowest BCUT2D eigenvalue weighted by Crippen LogP contribution is -2.37. The van der Waals surface area contributed by atoms with Crippen molar-refractivity contribution < 1.29 is 24.2 Å². The van der Waals surface area contributed by atoms with Gasteiger partial charge in [0.15, 0.2) is 0 Å². The highest BCUT2D eigenvalue weighted by atomic mass is 16.6. The van der Waals surface area contributed by atoms with E-state index in [0.717, 1.165) is 28.1 Å². The van der Waals surface area contributed by atoms with Crippen LogP contribution in [0.1, 0.15) is 29.3 Å². The number of aliphatic carboxylic acids is 1. The summed E-state index contributed by atoms with van der Waals surface area (Å²) in [4.78, 5) is 29.4. The Labute approximate surface area is 193 Å². The molecule has 3 rings (SSSR count). The van der Waals surface area contributed by atoms with E-state index in [9.17, 15) is 14.7 Å². The van der Waals surface area contributed by atoms with Gasteiger partial charge in [0, 0.05) is 24.9 Å². The summed E-state index contributed by atoms with van der Waals surface area (Å²) >= 11 is 0. The van der Waals surface area contributed by atoms with E-state index in [4.69, 9.17) is 9.47 Å². The standard InChI is InChI=1S/C26H28N2O5/c1-3-20-7-10-22(27-16-20)13-14-32-23-11-8-21(9-12-23)17-28(18-25(29)30)26(31)33-24-6-4-5-19(2)15-24/h4-12,15-16H,3,13-14,17-18H2,1-2H3,(H,29,30). The van der Waals surface area contributed by atoms with E-state index in [2.05, 4.69) is 18.0 Å². The third kappa shape index (κ3) is 7.64. The lowest BCUT2D eigenvalue weighted by atomic mass is 10.2. The summed E-state index contributed by atoms with van der Waals surface area (Å²) in [5.41, 5.74) is 3.88. The number of carbonyl (C=O) groups excluding carboxylic acids is 1. The fourth-order valence-corrected chi connectivity index (χ4v) is 3.19. The van der Waals surface area contributed by atoms with Gasteiger partial charge in [-0.05, 0) is 60.4 Å². The van der Waals surface area contributed by atoms with Crippen molar-refractivity contribution in [3.05, 3.63) is 89.2 Å². The summed E-state index contributed by atoms with van der Waals surface area (Å²) in [6.45, 7) is 4.11. The zero-order valence-electron chi connectivity index (χ0n) is 18.9. The first-order chi connectivity index (χ1) is 15.9. The maximum absolute atomic E-state index is 12.6. The van der Waals surface area contributed by atoms with E-state index in [1.165, 1.54) is 5.56 Å². The molecular formula is C26H28N2O5. The molecule has 0 spiro atoms. The van der Waals surface area contributed by atoms with Gasteiger partial charge in [-0.25, -0.2) is 4.79 Å². The van der Waals surface area contributed by atoms with Crippen molar-refractivity contribution in [3.8, 4) is 11.5 Å². The van der Waals surface area contributed by atoms with Crippen molar-refractivity contribution in [1.82, 2.24) is 9.88 Å². The van der Waals surface area contributed by atoms with Gasteiger partial charge in [0.05, 0.1) is 6.61 Å². The average molecular weight is 449 g/mol. The first-order valence-electron chi connectivity index (χ1n) is 10.8. The lowest BCUT2D eigenvalue weighted by molar-refractivity contribution is -0.138. The van der Waals surface area contributed by atoms with Gasteiger partial charge < -0.3 is 14.6 Å². The fraction of sp³-hybridized carbons (Fsp3) is 0.269. The fourth-order valence-electron chi connectivity index (χ4n) is 3.19. The van der Waals surface area contributed by atoms with Crippen LogP contribution < -0.4 is 9.47 Å². The molecule has 33 heavy (non-hydrogen) atoms. The molecule has 172 valence electrons. The number of carbonyl (C=O) groups is 2. The number of amides is 1. The molecule has 0 unspecified atom stereocenters. The van der Waals surface area contributed by atoms with Crippen molar-refractivity contribution in [2.75, 3.05) is 13.2 Å². The quantitative estimate of drug-likeness (QED) is 0.485. The van der Waals surface area contributed by atoms with Gasteiger partial charge in [-0.3, -0.25) is 14.7 Å². The summed E-state index contributed by atoms with van der Waals surface area (Å²) in [7, 11) is 0. The number of nitrogens with zero attached hydrogens (tertiary/aromatic N) is 2. The second kappa shape index (κ2) is 11.7. The number of ether oxygens (including phenoxy) is 2. The highest BCUT2D eigenvalue weighted by Gasteiger charge is 2.19. The molecule has 1 amide bonds. The van der Waals surface area contributed by atoms with Crippen LogP contribution in [0.25, 0.3) is 0 Å². The maximum atomic E-state index is 12.6. The van der Waals surface area contributed by atoms with E-state index in [1.807, 2.05) is 25.3 Å². The van der Waals surface area contributed by atoms with E-state index < -0.39 is 18.6 Å². The number of rotatable bonds is 10. The molecule has 7 heteroatoms. The first kappa shape index (κ1) is 23.8. The van der Waals surface area contributed by atoms with Gasteiger partial charge in [0.25, 0.3) is 0 Å². The van der Waals surface area contributed by atoms with Crippen LogP contribution in [0.15, 0.2) is 66.9 Å². The normalized spacial score (nSPS) is 10.5. The molecule has 0 aliphatic carbocycles. The average Bonchev–Trinajstić information content (AvgIpc) is 2.80. The Kier molecular flexibility index (Phi) is 8.41. The van der Waals surface area contributed by atoms with Crippen molar-refractivity contribution in [2.24, 2.45) is 0 Å². The molecule has 1 heterocycles. The summed E-state index contributed by atoms with van der Waals surface area (Å²) < 4.78 is 11.1. The molecule has 0 radical (unpaired) electrons. The topological polar surface area (TPSA) is 89.0 Å². The van der Waals surface area contributed by atoms with Crippen LogP contribution in [0, 0.1) is 6.92 Å². The number of hydrogen-bond acceptors (Lipinski definition) is 5. The van der Waals surface area contributed by atoms with Crippen LogP contribution in [0.4, 0.5) is 4.79 Å². The molecule has 0 bridgehead atoms. The zero-order valence-corrected chi connectivity index (χ0v) is 18.9. The Morgan fingerprint density at radius 2 is 1.76 bits per heavy atom. The first-order valence-corrected chi connectivity index (χ1v) is 10.8. The largest absolute Gasteiger partial charge is 0.493 e. The van der Waals surface area contributed by atoms with Gasteiger partial charge in [0.2, 0.25) is 0 Å². The lowest BCUT2D eigenvalue weighted by Gasteiger charge is -2.20. The molecule has 0 aliphatic heterocycles. The third-order valence-corrected chi connectivity index (χ3v) is 5.00. The Balaban J connectivity index is 1.55. The van der Waals surface area contributed by atoms with Gasteiger partial charge in [-0.1, -0.05) is 37.3 Å². The molecule has 1 aromatic heterocycles. The summed E-state index contributed by atoms with van der Waals surface area (Å²) in [5, 5.41) is 9.21. The molecular weight excluding hydrogens is 420 g/mol. The van der Waals surface area contributed by atoms with E-state index in [1.54, 1.807) is 42.5 Å². The predicted molar refractivity (Wildman–Crippen MR) is 125 cm³/mol. The molecule has 0 fully saturated rings. The maximum Gasteiger partial charge on any atom is 0.416 e. The Morgan fingerprint density at radius 3 is 2.39 bits per heavy atom. The minimum atomic E-state index is -1.11. The summed E-state index contributed by atoms with van der Waals surface area (Å²) in [5.74, 6) is -0.0502. The van der Waals surface area contributed by atoms with Gasteiger partial charge in [-0.15, -0.1) is 0 Å². The van der Waals surface area contributed by atoms with Crippen LogP contribution in [-0.4, -0.2) is 40.2 Å². The minimum absolute atomic E-state index is 0.102. The van der Waals surface area contributed by atoms with E-state index in [-0.39, 0.29) is 6.54 Å². The van der Waals surface area contributed by atoms with Crippen molar-refractivity contribution >= 4 is 12.1 Å². The smallest absolute Gasteiger partial charge is 0.416 e. The van der Waals surface area contributed by atoms with Crippen LogP contribution in [0.2, 0.25) is 0 Å². The Hall–Kier alpha value is -3.87. The Bertz CT molecular complexity index is 1060. The van der Waals surface area contributed by atoms with Crippen LogP contribution >= 0.6 is 0 Å². The third-order valence-electron chi connectivity index (χ3n) is 5.00. The number of pyridine rings is 1. The molecule has 1 N–H and O–H groups in total. The monoisotopic (exact) mass is 448 g/mol. The van der Waals surface area contributed by atoms with Gasteiger partial charge in [-0.2, -0.15) is 0 Å². The SMILES string of the molecule is CCc1ccc(CCOc2ccc(CN(CC(=O)O)C(=O)Oc3cccc(C)c3)cc2)nc1. The van der Waals surface area contributed by atoms with Crippen LogP contribution in [0.3, 0.4) is 0 Å². The second-order valence-electron chi connectivity index (χ2n) is 7.69. The van der Waals surface area contributed by atoms with Crippen molar-refractivity contribution in [2.45, 2.75) is 33.2 Å². The Morgan fingerprint density at radius 1 is 1.00 bits per heavy atom. The predicted octanol–water partition coefficient (Wildman–Crippen LogP) is 4.66. The summed E-state index contributed by atoms with van der Waals surface area (Å²) in [6, 6.07) is 18.3. The molecule has 0 aliphatic rings. The number of aromatic nitrogens is 1. The van der Waals surface area contributed by atoms with Crippen molar-refractivity contribution in [3.63, 3.8) is 0 Å². The van der Waals surface area contributed by atoms with Crippen LogP contribution in [0.5, 0.6) is 11.5 Å².